The van der Waals surface area contributed by atoms with Crippen LogP contribution in [0.25, 0.3) is 0 Å². The van der Waals surface area contributed by atoms with Crippen molar-refractivity contribution < 1.29 is 9.13 Å². The van der Waals surface area contributed by atoms with Gasteiger partial charge < -0.3 is 10.5 Å². The molecule has 0 aliphatic carbocycles. The molecule has 0 saturated carbocycles. The molecule has 5 heteroatoms. The Labute approximate surface area is 113 Å². The van der Waals surface area contributed by atoms with Gasteiger partial charge in [-0.2, -0.15) is 0 Å². The molecule has 0 bridgehead atoms. The fourth-order valence-electron chi connectivity index (χ4n) is 1.64. The Balaban J connectivity index is 2.74. The van der Waals surface area contributed by atoms with E-state index in [0.29, 0.717) is 24.3 Å². The fourth-order valence-corrected chi connectivity index (χ4v) is 1.77. The summed E-state index contributed by atoms with van der Waals surface area (Å²) in [5.41, 5.74) is 6.67. The van der Waals surface area contributed by atoms with E-state index in [1.807, 2.05) is 6.92 Å². The maximum absolute atomic E-state index is 13.9. The lowest BCUT2D eigenvalue weighted by Gasteiger charge is -2.20. The van der Waals surface area contributed by atoms with Gasteiger partial charge in [-0.3, -0.25) is 4.90 Å². The minimum Gasteiger partial charge on any atom is -0.389 e. The standard InChI is InChI=1S/C13H19FN2OS/c1-3-16(6-7-17-2)9-11-5-4-10(13(15)18)8-12(11)14/h4-5,8H,3,6-7,9H2,1-2H3,(H2,15,18). The van der Waals surface area contributed by atoms with Crippen molar-refractivity contribution in [1.82, 2.24) is 4.90 Å². The molecule has 0 saturated heterocycles. The molecule has 18 heavy (non-hydrogen) atoms. The largest absolute Gasteiger partial charge is 0.389 e. The molecule has 0 spiro atoms. The molecular weight excluding hydrogens is 251 g/mol. The molecule has 0 aromatic heterocycles. The quantitative estimate of drug-likeness (QED) is 0.768. The SMILES string of the molecule is CCN(CCOC)Cc1ccc(C(N)=S)cc1F. The molecular formula is C13H19FN2OS. The van der Waals surface area contributed by atoms with E-state index in [0.717, 1.165) is 13.1 Å². The van der Waals surface area contributed by atoms with Crippen molar-refractivity contribution in [3.8, 4) is 0 Å². The molecule has 0 heterocycles. The van der Waals surface area contributed by atoms with Crippen LogP contribution in [0.5, 0.6) is 0 Å². The number of halogens is 1. The summed E-state index contributed by atoms with van der Waals surface area (Å²) < 4.78 is 18.9. The Hall–Kier alpha value is -1.04. The van der Waals surface area contributed by atoms with Crippen LogP contribution >= 0.6 is 12.2 Å². The van der Waals surface area contributed by atoms with E-state index in [4.69, 9.17) is 22.7 Å². The third kappa shape index (κ3) is 4.33. The Morgan fingerprint density at radius 3 is 2.72 bits per heavy atom. The van der Waals surface area contributed by atoms with E-state index in [1.54, 1.807) is 19.2 Å². The van der Waals surface area contributed by atoms with Gasteiger partial charge in [0.25, 0.3) is 0 Å². The number of ether oxygens (including phenoxy) is 1. The van der Waals surface area contributed by atoms with Gasteiger partial charge in [0, 0.05) is 31.3 Å². The minimum absolute atomic E-state index is 0.215. The molecule has 1 rings (SSSR count). The molecule has 0 amide bonds. The number of thiocarbonyl (C=S) groups is 1. The minimum atomic E-state index is -0.267. The number of rotatable bonds is 7. The van der Waals surface area contributed by atoms with Gasteiger partial charge in [-0.25, -0.2) is 4.39 Å². The van der Waals surface area contributed by atoms with Crippen LogP contribution in [-0.4, -0.2) is 36.7 Å². The van der Waals surface area contributed by atoms with E-state index >= 15 is 0 Å². The van der Waals surface area contributed by atoms with Crippen LogP contribution in [0.4, 0.5) is 4.39 Å². The summed E-state index contributed by atoms with van der Waals surface area (Å²) in [7, 11) is 1.66. The number of hydrogen-bond donors (Lipinski definition) is 1. The maximum Gasteiger partial charge on any atom is 0.128 e. The molecule has 100 valence electrons. The molecule has 0 unspecified atom stereocenters. The van der Waals surface area contributed by atoms with Gasteiger partial charge in [0.2, 0.25) is 0 Å². The Bertz CT molecular complexity index is 412. The summed E-state index contributed by atoms with van der Waals surface area (Å²) in [6.45, 7) is 4.87. The van der Waals surface area contributed by atoms with E-state index < -0.39 is 0 Å². The van der Waals surface area contributed by atoms with E-state index in [2.05, 4.69) is 4.90 Å². The van der Waals surface area contributed by atoms with E-state index in [-0.39, 0.29) is 10.8 Å². The Morgan fingerprint density at radius 1 is 1.50 bits per heavy atom. The highest BCUT2D eigenvalue weighted by Gasteiger charge is 2.09. The smallest absolute Gasteiger partial charge is 0.128 e. The summed E-state index contributed by atoms with van der Waals surface area (Å²) in [5, 5.41) is 0. The number of nitrogens with zero attached hydrogens (tertiary/aromatic N) is 1. The second-order valence-corrected chi connectivity index (χ2v) is 4.47. The Morgan fingerprint density at radius 2 is 2.22 bits per heavy atom. The zero-order valence-electron chi connectivity index (χ0n) is 10.8. The number of methoxy groups -OCH3 is 1. The van der Waals surface area contributed by atoms with Crippen LogP contribution in [0.3, 0.4) is 0 Å². The highest BCUT2D eigenvalue weighted by atomic mass is 32.1. The molecule has 1 aromatic carbocycles. The van der Waals surface area contributed by atoms with E-state index in [9.17, 15) is 4.39 Å². The predicted molar refractivity (Wildman–Crippen MR) is 75.1 cm³/mol. The van der Waals surface area contributed by atoms with Gasteiger partial charge in [-0.1, -0.05) is 31.3 Å². The molecule has 0 aliphatic rings. The summed E-state index contributed by atoms with van der Waals surface area (Å²) >= 11 is 4.82. The molecule has 1 aromatic rings. The number of benzene rings is 1. The monoisotopic (exact) mass is 270 g/mol. The average Bonchev–Trinajstić information content (AvgIpc) is 2.35. The van der Waals surface area contributed by atoms with Gasteiger partial charge in [0.05, 0.1) is 6.61 Å². The maximum atomic E-state index is 13.9. The third-order valence-electron chi connectivity index (χ3n) is 2.79. The lowest BCUT2D eigenvalue weighted by Crippen LogP contribution is -2.27. The average molecular weight is 270 g/mol. The molecule has 0 fully saturated rings. The summed E-state index contributed by atoms with van der Waals surface area (Å²) in [4.78, 5) is 2.33. The van der Waals surface area contributed by atoms with Crippen molar-refractivity contribution in [3.63, 3.8) is 0 Å². The van der Waals surface area contributed by atoms with Crippen LogP contribution in [0, 0.1) is 5.82 Å². The van der Waals surface area contributed by atoms with Gasteiger partial charge in [0.15, 0.2) is 0 Å². The van der Waals surface area contributed by atoms with Gasteiger partial charge in [0.1, 0.15) is 10.8 Å². The van der Waals surface area contributed by atoms with Crippen LogP contribution in [0.1, 0.15) is 18.1 Å². The van der Waals surface area contributed by atoms with Crippen LogP contribution in [0.2, 0.25) is 0 Å². The second-order valence-electron chi connectivity index (χ2n) is 4.03. The predicted octanol–water partition coefficient (Wildman–Crippen LogP) is 1.93. The second kappa shape index (κ2) is 7.41. The zero-order valence-corrected chi connectivity index (χ0v) is 11.6. The van der Waals surface area contributed by atoms with Crippen molar-refractivity contribution in [2.45, 2.75) is 13.5 Å². The zero-order chi connectivity index (χ0) is 13.5. The van der Waals surface area contributed by atoms with Crippen LogP contribution in [-0.2, 0) is 11.3 Å². The lowest BCUT2D eigenvalue weighted by molar-refractivity contribution is 0.147. The fraction of sp³-hybridized carbons (Fsp3) is 0.462. The van der Waals surface area contributed by atoms with Crippen molar-refractivity contribution in [3.05, 3.63) is 35.1 Å². The van der Waals surface area contributed by atoms with Crippen molar-refractivity contribution in [1.29, 1.82) is 0 Å². The summed E-state index contributed by atoms with van der Waals surface area (Å²) in [6.07, 6.45) is 0. The first kappa shape index (κ1) is 15.0. The molecule has 0 aliphatic heterocycles. The van der Waals surface area contributed by atoms with Crippen molar-refractivity contribution >= 4 is 17.2 Å². The van der Waals surface area contributed by atoms with Crippen molar-refractivity contribution in [2.24, 2.45) is 5.73 Å². The normalized spacial score (nSPS) is 10.9. The van der Waals surface area contributed by atoms with Gasteiger partial charge >= 0.3 is 0 Å². The first-order valence-corrected chi connectivity index (χ1v) is 6.28. The highest BCUT2D eigenvalue weighted by Crippen LogP contribution is 2.13. The van der Waals surface area contributed by atoms with Gasteiger partial charge in [-0.05, 0) is 12.6 Å². The first-order chi connectivity index (χ1) is 8.58. The number of hydrogen-bond acceptors (Lipinski definition) is 3. The number of nitrogens with two attached hydrogens (primary N) is 1. The van der Waals surface area contributed by atoms with Gasteiger partial charge in [-0.15, -0.1) is 0 Å². The van der Waals surface area contributed by atoms with Crippen molar-refractivity contribution in [2.75, 3.05) is 26.8 Å². The van der Waals surface area contributed by atoms with Crippen LogP contribution in [0.15, 0.2) is 18.2 Å². The lowest BCUT2D eigenvalue weighted by atomic mass is 10.1. The van der Waals surface area contributed by atoms with E-state index in [1.165, 1.54) is 6.07 Å². The Kier molecular flexibility index (Phi) is 6.18. The summed E-state index contributed by atoms with van der Waals surface area (Å²) in [6, 6.07) is 4.88. The molecule has 2 N–H and O–H groups in total. The first-order valence-electron chi connectivity index (χ1n) is 5.88. The number of likely N-dealkylation sites (N-methyl/N-ethyl adjacent to an activating group) is 1. The molecule has 0 radical (unpaired) electrons. The van der Waals surface area contributed by atoms with Crippen LogP contribution < -0.4 is 5.73 Å². The summed E-state index contributed by atoms with van der Waals surface area (Å²) in [5.74, 6) is -0.267. The topological polar surface area (TPSA) is 38.5 Å². The highest BCUT2D eigenvalue weighted by molar-refractivity contribution is 7.80. The molecule has 0 atom stereocenters. The molecule has 3 nitrogen and oxygen atoms in total. The third-order valence-corrected chi connectivity index (χ3v) is 3.03.